The van der Waals surface area contributed by atoms with Crippen LogP contribution in [-0.4, -0.2) is 32.1 Å². The molecule has 20 heavy (non-hydrogen) atoms. The monoisotopic (exact) mass is 284 g/mol. The van der Waals surface area contributed by atoms with Gasteiger partial charge in [0.05, 0.1) is 19.8 Å². The molecule has 2 fully saturated rings. The first-order valence-electron chi connectivity index (χ1n) is 6.80. The molecule has 4 nitrogen and oxygen atoms in total. The van der Waals surface area contributed by atoms with Gasteiger partial charge in [0.2, 0.25) is 0 Å². The summed E-state index contributed by atoms with van der Waals surface area (Å²) in [4.78, 5) is 1.91. The van der Waals surface area contributed by atoms with Crippen molar-refractivity contribution in [3.8, 4) is 0 Å². The summed E-state index contributed by atoms with van der Waals surface area (Å²) in [6.45, 7) is 2.34. The standard InChI is InChI=1S/C14H18F2N2O2/c15-13(16)11-8-10(17)2-3-12(11)18-5-1-4-14(9-18)19-6-7-20-14/h2-3,8,13H,1,4-7,9,17H2. The Balaban J connectivity index is 1.88. The maximum absolute atomic E-state index is 13.2. The van der Waals surface area contributed by atoms with Crippen molar-refractivity contribution in [2.75, 3.05) is 36.9 Å². The van der Waals surface area contributed by atoms with E-state index in [-0.39, 0.29) is 5.56 Å². The molecule has 110 valence electrons. The van der Waals surface area contributed by atoms with Crippen LogP contribution in [0.1, 0.15) is 24.8 Å². The van der Waals surface area contributed by atoms with Crippen molar-refractivity contribution >= 4 is 11.4 Å². The molecule has 2 heterocycles. The number of nitrogens with two attached hydrogens (primary N) is 1. The van der Waals surface area contributed by atoms with E-state index >= 15 is 0 Å². The third kappa shape index (κ3) is 2.45. The number of nitrogens with zero attached hydrogens (tertiary/aromatic N) is 1. The lowest BCUT2D eigenvalue weighted by molar-refractivity contribution is -0.161. The van der Waals surface area contributed by atoms with Gasteiger partial charge in [-0.3, -0.25) is 0 Å². The Labute approximate surface area is 116 Å². The summed E-state index contributed by atoms with van der Waals surface area (Å²) in [5.41, 5.74) is 6.45. The van der Waals surface area contributed by atoms with Gasteiger partial charge in [0.1, 0.15) is 0 Å². The van der Waals surface area contributed by atoms with Gasteiger partial charge < -0.3 is 20.1 Å². The van der Waals surface area contributed by atoms with Crippen LogP contribution < -0.4 is 10.6 Å². The SMILES string of the molecule is Nc1ccc(N2CCCC3(C2)OCCO3)c(C(F)F)c1. The Hall–Kier alpha value is -1.40. The van der Waals surface area contributed by atoms with Crippen LogP contribution in [0.2, 0.25) is 0 Å². The van der Waals surface area contributed by atoms with Crippen LogP contribution >= 0.6 is 0 Å². The van der Waals surface area contributed by atoms with E-state index in [0.717, 1.165) is 19.4 Å². The van der Waals surface area contributed by atoms with Crippen molar-refractivity contribution in [1.82, 2.24) is 0 Å². The topological polar surface area (TPSA) is 47.7 Å². The largest absolute Gasteiger partial charge is 0.399 e. The maximum Gasteiger partial charge on any atom is 0.265 e. The van der Waals surface area contributed by atoms with E-state index in [4.69, 9.17) is 15.2 Å². The summed E-state index contributed by atoms with van der Waals surface area (Å²) < 4.78 is 37.7. The van der Waals surface area contributed by atoms with E-state index < -0.39 is 12.2 Å². The molecule has 0 atom stereocenters. The van der Waals surface area contributed by atoms with Crippen molar-refractivity contribution in [3.05, 3.63) is 23.8 Å². The quantitative estimate of drug-likeness (QED) is 0.848. The minimum Gasteiger partial charge on any atom is -0.399 e. The average molecular weight is 284 g/mol. The van der Waals surface area contributed by atoms with Gasteiger partial charge in [-0.05, 0) is 24.6 Å². The minimum atomic E-state index is -2.54. The molecule has 0 unspecified atom stereocenters. The van der Waals surface area contributed by atoms with Gasteiger partial charge in [0.15, 0.2) is 5.79 Å². The Kier molecular flexibility index (Phi) is 3.52. The number of hydrogen-bond acceptors (Lipinski definition) is 4. The number of rotatable bonds is 2. The van der Waals surface area contributed by atoms with Gasteiger partial charge in [-0.15, -0.1) is 0 Å². The predicted molar refractivity (Wildman–Crippen MR) is 71.9 cm³/mol. The molecule has 2 aliphatic rings. The lowest BCUT2D eigenvalue weighted by Gasteiger charge is -2.40. The van der Waals surface area contributed by atoms with Crippen LogP contribution in [0.25, 0.3) is 0 Å². The smallest absolute Gasteiger partial charge is 0.265 e. The zero-order valence-electron chi connectivity index (χ0n) is 11.1. The summed E-state index contributed by atoms with van der Waals surface area (Å²) in [7, 11) is 0. The molecule has 0 radical (unpaired) electrons. The van der Waals surface area contributed by atoms with Gasteiger partial charge in [0.25, 0.3) is 6.43 Å². The highest BCUT2D eigenvalue weighted by Crippen LogP contribution is 2.37. The number of benzene rings is 1. The molecular weight excluding hydrogens is 266 g/mol. The van der Waals surface area contributed by atoms with E-state index in [0.29, 0.717) is 31.1 Å². The second-order valence-electron chi connectivity index (χ2n) is 5.25. The summed E-state index contributed by atoms with van der Waals surface area (Å²) in [6, 6.07) is 4.65. The van der Waals surface area contributed by atoms with Crippen LogP contribution in [0.5, 0.6) is 0 Å². The second kappa shape index (κ2) is 5.18. The summed E-state index contributed by atoms with van der Waals surface area (Å²) >= 11 is 0. The van der Waals surface area contributed by atoms with Crippen LogP contribution in [0.15, 0.2) is 18.2 Å². The lowest BCUT2D eigenvalue weighted by Crippen LogP contribution is -2.49. The highest BCUT2D eigenvalue weighted by Gasteiger charge is 2.41. The van der Waals surface area contributed by atoms with E-state index in [1.54, 1.807) is 12.1 Å². The fraction of sp³-hybridized carbons (Fsp3) is 0.571. The van der Waals surface area contributed by atoms with Crippen molar-refractivity contribution in [1.29, 1.82) is 0 Å². The number of anilines is 2. The number of halogens is 2. The highest BCUT2D eigenvalue weighted by molar-refractivity contribution is 5.60. The molecule has 0 aliphatic carbocycles. The molecule has 2 N–H and O–H groups in total. The molecule has 6 heteroatoms. The third-order valence-electron chi connectivity index (χ3n) is 3.86. The number of hydrogen-bond donors (Lipinski definition) is 1. The highest BCUT2D eigenvalue weighted by atomic mass is 19.3. The molecule has 1 aromatic carbocycles. The molecule has 0 bridgehead atoms. The lowest BCUT2D eigenvalue weighted by atomic mass is 10.0. The fourth-order valence-electron chi connectivity index (χ4n) is 2.96. The maximum atomic E-state index is 13.2. The summed E-state index contributed by atoms with van der Waals surface area (Å²) in [5.74, 6) is -0.626. The van der Waals surface area contributed by atoms with Gasteiger partial charge in [0, 0.05) is 29.9 Å². The molecule has 1 aromatic rings. The third-order valence-corrected chi connectivity index (χ3v) is 3.86. The summed E-state index contributed by atoms with van der Waals surface area (Å²) in [6.07, 6.45) is -0.882. The van der Waals surface area contributed by atoms with E-state index in [1.807, 2.05) is 4.90 Å². The summed E-state index contributed by atoms with van der Waals surface area (Å²) in [5, 5.41) is 0. The average Bonchev–Trinajstić information content (AvgIpc) is 2.86. The Morgan fingerprint density at radius 1 is 1.25 bits per heavy atom. The zero-order chi connectivity index (χ0) is 14.2. The van der Waals surface area contributed by atoms with Gasteiger partial charge in [-0.25, -0.2) is 8.78 Å². The fourth-order valence-corrected chi connectivity index (χ4v) is 2.96. The number of nitrogen functional groups attached to an aromatic ring is 1. The predicted octanol–water partition coefficient (Wildman–Crippen LogP) is 2.55. The van der Waals surface area contributed by atoms with E-state index in [9.17, 15) is 8.78 Å². The Morgan fingerprint density at radius 3 is 2.70 bits per heavy atom. The van der Waals surface area contributed by atoms with Crippen molar-refractivity contribution < 1.29 is 18.3 Å². The first-order chi connectivity index (χ1) is 9.60. The van der Waals surface area contributed by atoms with Gasteiger partial charge >= 0.3 is 0 Å². The zero-order valence-corrected chi connectivity index (χ0v) is 11.1. The number of alkyl halides is 2. The first kappa shape index (κ1) is 13.6. The van der Waals surface area contributed by atoms with Crippen LogP contribution in [0.3, 0.4) is 0 Å². The first-order valence-corrected chi connectivity index (χ1v) is 6.80. The van der Waals surface area contributed by atoms with Crippen LogP contribution in [0, 0.1) is 0 Å². The molecule has 2 saturated heterocycles. The van der Waals surface area contributed by atoms with Gasteiger partial charge in [-0.1, -0.05) is 0 Å². The molecule has 0 amide bonds. The number of piperidine rings is 1. The van der Waals surface area contributed by atoms with E-state index in [1.165, 1.54) is 6.07 Å². The second-order valence-corrected chi connectivity index (χ2v) is 5.25. The normalized spacial score (nSPS) is 21.9. The van der Waals surface area contributed by atoms with Gasteiger partial charge in [-0.2, -0.15) is 0 Å². The Morgan fingerprint density at radius 2 is 2.00 bits per heavy atom. The van der Waals surface area contributed by atoms with Crippen LogP contribution in [-0.2, 0) is 9.47 Å². The van der Waals surface area contributed by atoms with Crippen LogP contribution in [0.4, 0.5) is 20.2 Å². The van der Waals surface area contributed by atoms with Crippen molar-refractivity contribution in [3.63, 3.8) is 0 Å². The van der Waals surface area contributed by atoms with Crippen molar-refractivity contribution in [2.45, 2.75) is 25.1 Å². The molecule has 2 aliphatic heterocycles. The molecule has 0 saturated carbocycles. The molecular formula is C14H18F2N2O2. The Bertz CT molecular complexity index is 490. The number of ether oxygens (including phenoxy) is 2. The van der Waals surface area contributed by atoms with E-state index in [2.05, 4.69) is 0 Å². The molecule has 0 aromatic heterocycles. The molecule has 1 spiro atoms. The minimum absolute atomic E-state index is 0.0277. The van der Waals surface area contributed by atoms with Crippen molar-refractivity contribution in [2.24, 2.45) is 0 Å². The molecule has 3 rings (SSSR count).